The molecule has 0 aliphatic carbocycles. The molecule has 40 heavy (non-hydrogen) atoms. The van der Waals surface area contributed by atoms with Gasteiger partial charge in [-0.15, -0.1) is 11.8 Å². The summed E-state index contributed by atoms with van der Waals surface area (Å²) in [4.78, 5) is 49.8. The Bertz CT molecular complexity index is 1180. The van der Waals surface area contributed by atoms with E-state index in [1.165, 1.54) is 6.92 Å². The summed E-state index contributed by atoms with van der Waals surface area (Å²) in [6, 6.07) is 17.6. The molecule has 0 saturated carbocycles. The van der Waals surface area contributed by atoms with Crippen LogP contribution in [0.25, 0.3) is 4.91 Å². The maximum atomic E-state index is 13.7. The molecule has 1 aliphatic heterocycles. The normalized spacial score (nSPS) is 17.1. The van der Waals surface area contributed by atoms with E-state index < -0.39 is 29.3 Å². The Kier molecular flexibility index (Phi) is 12.7. The Balaban J connectivity index is 0.000000611. The average molecular weight is 573 g/mol. The zero-order valence-corrected chi connectivity index (χ0v) is 24.1. The van der Waals surface area contributed by atoms with E-state index in [-0.39, 0.29) is 18.7 Å². The second-order valence-corrected chi connectivity index (χ2v) is 10.4. The molecule has 2 aromatic rings. The van der Waals surface area contributed by atoms with Crippen molar-refractivity contribution in [2.45, 2.75) is 38.0 Å². The minimum absolute atomic E-state index is 0.209. The zero-order chi connectivity index (χ0) is 29.8. The van der Waals surface area contributed by atoms with Crippen LogP contribution in [0.4, 0.5) is 0 Å². The van der Waals surface area contributed by atoms with E-state index in [0.29, 0.717) is 13.1 Å². The Morgan fingerprint density at radius 2 is 1.55 bits per heavy atom. The van der Waals surface area contributed by atoms with Crippen molar-refractivity contribution in [2.24, 2.45) is 0 Å². The number of benzene rings is 2. The Morgan fingerprint density at radius 3 is 2.02 bits per heavy atom. The van der Waals surface area contributed by atoms with Gasteiger partial charge in [-0.3, -0.25) is 19.2 Å². The number of hydrogen-bond donors (Lipinski definition) is 2. The summed E-state index contributed by atoms with van der Waals surface area (Å²) >= 11 is 1.56. The molecule has 0 unspecified atom stereocenters. The number of carboxylic acid groups (broad SMARTS) is 2. The quantitative estimate of drug-likeness (QED) is 0.400. The van der Waals surface area contributed by atoms with Crippen LogP contribution in [0, 0.1) is 0 Å². The molecule has 0 aromatic heterocycles. The molecule has 11 heteroatoms. The van der Waals surface area contributed by atoms with Crippen LogP contribution in [0.1, 0.15) is 43.1 Å². The standard InChI is InChI=1S/C25H30N2O4S.C4H6O4/c1-17-23(19-9-7-6-8-10-19)32-24(20-11-13-21(30-5)14-12-20)22(31-18(2)28)25(29)27(17)16-15-26(3)4;5-3(6)1-2-4(7)8/h6-14,22,24H,15-16H2,1-5H3;1-2H2,(H,5,6)(H,7,8)/t22-,24+;/m0./s1. The van der Waals surface area contributed by atoms with Gasteiger partial charge >= 0.3 is 17.9 Å². The summed E-state index contributed by atoms with van der Waals surface area (Å²) in [5, 5.41) is 15.4. The van der Waals surface area contributed by atoms with Crippen LogP contribution in [-0.2, 0) is 23.9 Å². The lowest BCUT2D eigenvalue weighted by Crippen LogP contribution is -2.43. The number of carboxylic acids is 2. The van der Waals surface area contributed by atoms with Crippen LogP contribution in [0.3, 0.4) is 0 Å². The highest BCUT2D eigenvalue weighted by Crippen LogP contribution is 2.48. The summed E-state index contributed by atoms with van der Waals surface area (Å²) in [7, 11) is 5.55. The van der Waals surface area contributed by atoms with Crippen LogP contribution in [-0.4, -0.2) is 84.2 Å². The number of esters is 1. The van der Waals surface area contributed by atoms with Crippen molar-refractivity contribution < 1.29 is 38.9 Å². The van der Waals surface area contributed by atoms with Gasteiger partial charge in [0.15, 0.2) is 6.10 Å². The molecule has 1 heterocycles. The van der Waals surface area contributed by atoms with Gasteiger partial charge in [0.2, 0.25) is 0 Å². The smallest absolute Gasteiger partial charge is 0.303 e. The first-order valence-corrected chi connectivity index (χ1v) is 13.5. The molecule has 0 spiro atoms. The van der Waals surface area contributed by atoms with Crippen molar-refractivity contribution in [1.82, 2.24) is 9.80 Å². The third-order valence-corrected chi connectivity index (χ3v) is 7.40. The lowest BCUT2D eigenvalue weighted by Gasteiger charge is -2.29. The molecule has 216 valence electrons. The molecule has 0 saturated heterocycles. The highest BCUT2D eigenvalue weighted by molar-refractivity contribution is 8.08. The maximum absolute atomic E-state index is 13.7. The van der Waals surface area contributed by atoms with Crippen LogP contribution in [0.2, 0.25) is 0 Å². The molecular weight excluding hydrogens is 536 g/mol. The van der Waals surface area contributed by atoms with Gasteiger partial charge < -0.3 is 29.5 Å². The fraction of sp³-hybridized carbons (Fsp3) is 0.379. The van der Waals surface area contributed by atoms with E-state index in [1.54, 1.807) is 23.8 Å². The van der Waals surface area contributed by atoms with Gasteiger partial charge in [0, 0.05) is 30.6 Å². The number of nitrogens with zero attached hydrogens (tertiary/aromatic N) is 2. The van der Waals surface area contributed by atoms with Crippen LogP contribution in [0.5, 0.6) is 5.75 Å². The van der Waals surface area contributed by atoms with Gasteiger partial charge in [-0.1, -0.05) is 42.5 Å². The molecule has 0 bridgehead atoms. The second-order valence-electron chi connectivity index (χ2n) is 9.20. The minimum atomic E-state index is -1.08. The number of methoxy groups -OCH3 is 1. The molecule has 3 rings (SSSR count). The van der Waals surface area contributed by atoms with Crippen LogP contribution in [0.15, 0.2) is 60.3 Å². The van der Waals surface area contributed by atoms with Crippen molar-refractivity contribution in [3.63, 3.8) is 0 Å². The molecule has 1 amide bonds. The van der Waals surface area contributed by atoms with E-state index in [1.807, 2.05) is 80.5 Å². The Morgan fingerprint density at radius 1 is 0.975 bits per heavy atom. The fourth-order valence-corrected chi connectivity index (χ4v) is 5.23. The second kappa shape index (κ2) is 15.7. The van der Waals surface area contributed by atoms with Crippen molar-refractivity contribution >= 4 is 40.5 Å². The van der Waals surface area contributed by atoms with Gasteiger partial charge in [-0.2, -0.15) is 0 Å². The third-order valence-electron chi connectivity index (χ3n) is 5.86. The number of hydrogen-bond acceptors (Lipinski definition) is 8. The summed E-state index contributed by atoms with van der Waals surface area (Å²) in [5.74, 6) is -2.11. The SMILES string of the molecule is COc1ccc([C@H]2SC(c3ccccc3)=C(C)N(CCN(C)C)C(=O)[C@H]2OC(C)=O)cc1.O=C(O)CCC(=O)O. The number of likely N-dealkylation sites (N-methyl/N-ethyl adjacent to an activating group) is 1. The van der Waals surface area contributed by atoms with Crippen LogP contribution < -0.4 is 4.74 Å². The molecule has 2 N–H and O–H groups in total. The average Bonchev–Trinajstić information content (AvgIpc) is 3.01. The summed E-state index contributed by atoms with van der Waals surface area (Å²) in [6.45, 7) is 4.50. The molecule has 0 radical (unpaired) electrons. The van der Waals surface area contributed by atoms with Crippen molar-refractivity contribution in [2.75, 3.05) is 34.3 Å². The molecule has 1 aliphatic rings. The molecule has 0 fully saturated rings. The summed E-state index contributed by atoms with van der Waals surface area (Å²) < 4.78 is 10.9. The minimum Gasteiger partial charge on any atom is -0.497 e. The Labute approximate surface area is 238 Å². The van der Waals surface area contributed by atoms with Crippen molar-refractivity contribution in [1.29, 1.82) is 0 Å². The monoisotopic (exact) mass is 572 g/mol. The molecule has 10 nitrogen and oxygen atoms in total. The lowest BCUT2D eigenvalue weighted by molar-refractivity contribution is -0.157. The number of carbonyl (C=O) groups excluding carboxylic acids is 2. The predicted molar refractivity (Wildman–Crippen MR) is 153 cm³/mol. The molecule has 2 aromatic carbocycles. The van der Waals surface area contributed by atoms with Gasteiger partial charge in [-0.25, -0.2) is 0 Å². The first kappa shape index (κ1) is 32.4. The van der Waals surface area contributed by atoms with Crippen molar-refractivity contribution in [3.8, 4) is 5.75 Å². The first-order chi connectivity index (χ1) is 18.9. The number of ether oxygens (including phenoxy) is 2. The maximum Gasteiger partial charge on any atom is 0.303 e. The zero-order valence-electron chi connectivity index (χ0n) is 23.3. The fourth-order valence-electron chi connectivity index (χ4n) is 3.83. The largest absolute Gasteiger partial charge is 0.497 e. The first-order valence-electron chi connectivity index (χ1n) is 12.6. The highest BCUT2D eigenvalue weighted by atomic mass is 32.2. The lowest BCUT2D eigenvalue weighted by atomic mass is 10.1. The summed E-state index contributed by atoms with van der Waals surface area (Å²) in [5.41, 5.74) is 2.78. The van der Waals surface area contributed by atoms with E-state index in [9.17, 15) is 19.2 Å². The molecular formula is C29H36N2O8S. The summed E-state index contributed by atoms with van der Waals surface area (Å²) in [6.07, 6.45) is -1.53. The van der Waals surface area contributed by atoms with Gasteiger partial charge in [-0.05, 0) is 44.3 Å². The number of thioether (sulfide) groups is 1. The molecule has 2 atom stereocenters. The van der Waals surface area contributed by atoms with E-state index >= 15 is 0 Å². The third kappa shape index (κ3) is 9.73. The number of allylic oxidation sites excluding steroid dienone is 1. The number of amides is 1. The topological polar surface area (TPSA) is 134 Å². The number of aliphatic carboxylic acids is 2. The van der Waals surface area contributed by atoms with Gasteiger partial charge in [0.1, 0.15) is 5.75 Å². The number of carbonyl (C=O) groups is 4. The van der Waals surface area contributed by atoms with Gasteiger partial charge in [0.25, 0.3) is 5.91 Å². The highest BCUT2D eigenvalue weighted by Gasteiger charge is 2.41. The van der Waals surface area contributed by atoms with E-state index in [2.05, 4.69) is 0 Å². The number of rotatable bonds is 10. The Hall–Kier alpha value is -3.83. The van der Waals surface area contributed by atoms with Gasteiger partial charge in [0.05, 0.1) is 25.2 Å². The van der Waals surface area contributed by atoms with Crippen molar-refractivity contribution in [3.05, 3.63) is 71.4 Å². The van der Waals surface area contributed by atoms with Crippen LogP contribution >= 0.6 is 11.8 Å². The van der Waals surface area contributed by atoms with E-state index in [4.69, 9.17) is 19.7 Å². The predicted octanol–water partition coefficient (Wildman–Crippen LogP) is 4.13. The van der Waals surface area contributed by atoms with E-state index in [0.717, 1.165) is 27.5 Å².